The van der Waals surface area contributed by atoms with Gasteiger partial charge in [-0.05, 0) is 54.2 Å². The summed E-state index contributed by atoms with van der Waals surface area (Å²) in [7, 11) is 0. The van der Waals surface area contributed by atoms with E-state index in [4.69, 9.17) is 45.9 Å². The largest absolute Gasteiger partial charge is 0.489 e. The second kappa shape index (κ2) is 6.79. The van der Waals surface area contributed by atoms with Gasteiger partial charge < -0.3 is 15.8 Å². The summed E-state index contributed by atoms with van der Waals surface area (Å²) in [4.78, 5) is 0. The smallest absolute Gasteiger partial charge is 0.168 e. The first kappa shape index (κ1) is 14.9. The van der Waals surface area contributed by atoms with Gasteiger partial charge in [0.25, 0.3) is 0 Å². The summed E-state index contributed by atoms with van der Waals surface area (Å²) in [5.41, 5.74) is 7.16. The fourth-order valence-electron chi connectivity index (χ4n) is 1.57. The van der Waals surface area contributed by atoms with Gasteiger partial charge in [0.2, 0.25) is 0 Å². The van der Waals surface area contributed by atoms with Crippen molar-refractivity contribution in [2.24, 2.45) is 5.73 Å². The van der Waals surface area contributed by atoms with Crippen LogP contribution in [0.2, 0.25) is 10.0 Å². The van der Waals surface area contributed by atoms with E-state index in [1.165, 1.54) is 0 Å². The zero-order valence-electron chi connectivity index (χ0n) is 10.4. The van der Waals surface area contributed by atoms with Gasteiger partial charge in [0.1, 0.15) is 12.4 Å². The lowest BCUT2D eigenvalue weighted by Gasteiger charge is -2.08. The predicted molar refractivity (Wildman–Crippen MR) is 87.6 cm³/mol. The van der Waals surface area contributed by atoms with Gasteiger partial charge >= 0.3 is 0 Å². The SMILES string of the molecule is NC(=S)Nc1ccc(OCc2ccc(Cl)c(Cl)c2)cc1. The van der Waals surface area contributed by atoms with E-state index < -0.39 is 0 Å². The molecule has 0 aliphatic heterocycles. The van der Waals surface area contributed by atoms with E-state index in [0.29, 0.717) is 16.7 Å². The Balaban J connectivity index is 1.96. The molecule has 0 spiro atoms. The Bertz CT molecular complexity index is 617. The van der Waals surface area contributed by atoms with Crippen LogP contribution in [0.1, 0.15) is 5.56 Å². The third-order valence-corrected chi connectivity index (χ3v) is 3.35. The summed E-state index contributed by atoms with van der Waals surface area (Å²) < 4.78 is 5.65. The van der Waals surface area contributed by atoms with E-state index in [2.05, 4.69) is 5.32 Å². The maximum atomic E-state index is 5.94. The molecule has 3 N–H and O–H groups in total. The Labute approximate surface area is 132 Å². The number of hydrogen-bond donors (Lipinski definition) is 2. The molecule has 0 radical (unpaired) electrons. The molecule has 0 aliphatic rings. The highest BCUT2D eigenvalue weighted by atomic mass is 35.5. The Morgan fingerprint density at radius 1 is 1.10 bits per heavy atom. The number of rotatable bonds is 4. The van der Waals surface area contributed by atoms with Gasteiger partial charge in [0.05, 0.1) is 10.0 Å². The molecule has 0 unspecified atom stereocenters. The van der Waals surface area contributed by atoms with Gasteiger partial charge in [0.15, 0.2) is 5.11 Å². The Hall–Kier alpha value is -1.49. The van der Waals surface area contributed by atoms with Crippen molar-refractivity contribution in [1.29, 1.82) is 0 Å². The zero-order chi connectivity index (χ0) is 14.5. The van der Waals surface area contributed by atoms with Crippen molar-refractivity contribution in [2.75, 3.05) is 5.32 Å². The first-order valence-electron chi connectivity index (χ1n) is 5.78. The number of benzene rings is 2. The lowest BCUT2D eigenvalue weighted by molar-refractivity contribution is 0.306. The van der Waals surface area contributed by atoms with Crippen LogP contribution in [0.25, 0.3) is 0 Å². The van der Waals surface area contributed by atoms with Crippen molar-refractivity contribution in [2.45, 2.75) is 6.61 Å². The summed E-state index contributed by atoms with van der Waals surface area (Å²) in [6.45, 7) is 0.416. The molecule has 6 heteroatoms. The minimum atomic E-state index is 0.231. The zero-order valence-corrected chi connectivity index (χ0v) is 12.7. The summed E-state index contributed by atoms with van der Waals surface area (Å²) in [5, 5.41) is 4.12. The first-order valence-corrected chi connectivity index (χ1v) is 6.94. The highest BCUT2D eigenvalue weighted by molar-refractivity contribution is 7.80. The van der Waals surface area contributed by atoms with Crippen molar-refractivity contribution in [3.05, 3.63) is 58.1 Å². The number of halogens is 2. The van der Waals surface area contributed by atoms with Crippen LogP contribution < -0.4 is 15.8 Å². The summed E-state index contributed by atoms with van der Waals surface area (Å²) >= 11 is 16.6. The van der Waals surface area contributed by atoms with Gasteiger partial charge in [-0.3, -0.25) is 0 Å². The third-order valence-electron chi connectivity index (χ3n) is 2.51. The minimum absolute atomic E-state index is 0.231. The molecule has 0 aliphatic carbocycles. The van der Waals surface area contributed by atoms with Crippen LogP contribution in [0, 0.1) is 0 Å². The van der Waals surface area contributed by atoms with E-state index in [0.717, 1.165) is 17.0 Å². The second-order valence-electron chi connectivity index (χ2n) is 4.05. The lowest BCUT2D eigenvalue weighted by Crippen LogP contribution is -2.18. The molecule has 0 aromatic heterocycles. The average molecular weight is 327 g/mol. The Kier molecular flexibility index (Phi) is 5.06. The van der Waals surface area contributed by atoms with E-state index in [1.807, 2.05) is 30.3 Å². The van der Waals surface area contributed by atoms with Crippen LogP contribution in [0.4, 0.5) is 5.69 Å². The maximum absolute atomic E-state index is 5.94. The normalized spacial score (nSPS) is 10.1. The standard InChI is InChI=1S/C14H12Cl2N2OS/c15-12-6-1-9(7-13(12)16)8-19-11-4-2-10(3-5-11)18-14(17)20/h1-7H,8H2,(H3,17,18,20). The Morgan fingerprint density at radius 3 is 2.40 bits per heavy atom. The number of anilines is 1. The molecule has 2 aromatic rings. The van der Waals surface area contributed by atoms with Crippen LogP contribution in [0.3, 0.4) is 0 Å². The summed E-state index contributed by atoms with van der Waals surface area (Å²) in [5.74, 6) is 0.740. The molecule has 0 amide bonds. The van der Waals surface area contributed by atoms with Crippen LogP contribution in [-0.4, -0.2) is 5.11 Å². The molecule has 0 heterocycles. The van der Waals surface area contributed by atoms with Crippen LogP contribution >= 0.6 is 35.4 Å². The number of hydrogen-bond acceptors (Lipinski definition) is 2. The lowest BCUT2D eigenvalue weighted by atomic mass is 10.2. The molecule has 2 aromatic carbocycles. The number of nitrogens with two attached hydrogens (primary N) is 1. The monoisotopic (exact) mass is 326 g/mol. The van der Waals surface area contributed by atoms with Crippen molar-refractivity contribution in [3.63, 3.8) is 0 Å². The van der Waals surface area contributed by atoms with Gasteiger partial charge in [0, 0.05) is 5.69 Å². The van der Waals surface area contributed by atoms with Crippen molar-refractivity contribution < 1.29 is 4.74 Å². The quantitative estimate of drug-likeness (QED) is 0.825. The van der Waals surface area contributed by atoms with Crippen LogP contribution in [0.15, 0.2) is 42.5 Å². The molecule has 0 saturated carbocycles. The van der Waals surface area contributed by atoms with E-state index in [-0.39, 0.29) is 5.11 Å². The average Bonchev–Trinajstić information content (AvgIpc) is 2.41. The Morgan fingerprint density at radius 2 is 1.80 bits per heavy atom. The molecule has 0 bridgehead atoms. The van der Waals surface area contributed by atoms with Gasteiger partial charge in [-0.2, -0.15) is 0 Å². The predicted octanol–water partition coefficient (Wildman–Crippen LogP) is 4.23. The number of thiocarbonyl (C=S) groups is 1. The molecule has 104 valence electrons. The molecule has 0 atom stereocenters. The van der Waals surface area contributed by atoms with E-state index in [9.17, 15) is 0 Å². The summed E-state index contributed by atoms with van der Waals surface area (Å²) in [6.07, 6.45) is 0. The highest BCUT2D eigenvalue weighted by Gasteiger charge is 2.01. The van der Waals surface area contributed by atoms with Crippen molar-refractivity contribution >= 4 is 46.2 Å². The topological polar surface area (TPSA) is 47.3 Å². The van der Waals surface area contributed by atoms with E-state index in [1.54, 1.807) is 12.1 Å². The van der Waals surface area contributed by atoms with Gasteiger partial charge in [-0.25, -0.2) is 0 Å². The van der Waals surface area contributed by atoms with Gasteiger partial charge in [-0.1, -0.05) is 29.3 Å². The fraction of sp³-hybridized carbons (Fsp3) is 0.0714. The molecule has 3 nitrogen and oxygen atoms in total. The molecular formula is C14H12Cl2N2OS. The molecule has 20 heavy (non-hydrogen) atoms. The van der Waals surface area contributed by atoms with E-state index >= 15 is 0 Å². The highest BCUT2D eigenvalue weighted by Crippen LogP contribution is 2.23. The first-order chi connectivity index (χ1) is 9.54. The second-order valence-corrected chi connectivity index (χ2v) is 5.30. The summed E-state index contributed by atoms with van der Waals surface area (Å²) in [6, 6.07) is 12.7. The van der Waals surface area contributed by atoms with Crippen LogP contribution in [-0.2, 0) is 6.61 Å². The maximum Gasteiger partial charge on any atom is 0.168 e. The van der Waals surface area contributed by atoms with Crippen molar-refractivity contribution in [1.82, 2.24) is 0 Å². The van der Waals surface area contributed by atoms with Crippen molar-refractivity contribution in [3.8, 4) is 5.75 Å². The number of nitrogens with one attached hydrogen (secondary N) is 1. The molecule has 0 saturated heterocycles. The van der Waals surface area contributed by atoms with Crippen LogP contribution in [0.5, 0.6) is 5.75 Å². The van der Waals surface area contributed by atoms with Gasteiger partial charge in [-0.15, -0.1) is 0 Å². The number of ether oxygens (including phenoxy) is 1. The molecule has 2 rings (SSSR count). The molecule has 0 fully saturated rings. The molecular weight excluding hydrogens is 315 g/mol. The minimum Gasteiger partial charge on any atom is -0.489 e. The third kappa shape index (κ3) is 4.27. The fourth-order valence-corrected chi connectivity index (χ4v) is 2.01.